The number of piperidine rings is 1. The van der Waals surface area contributed by atoms with Crippen molar-refractivity contribution in [2.75, 3.05) is 19.6 Å². The number of aryl methyl sites for hydroxylation is 1. The molecule has 1 unspecified atom stereocenters. The molecule has 0 aliphatic carbocycles. The lowest BCUT2D eigenvalue weighted by Crippen LogP contribution is -2.49. The Morgan fingerprint density at radius 3 is 2.88 bits per heavy atom. The summed E-state index contributed by atoms with van der Waals surface area (Å²) in [6.45, 7) is 7.32. The van der Waals surface area contributed by atoms with E-state index in [1.165, 1.54) is 0 Å². The van der Waals surface area contributed by atoms with E-state index < -0.39 is 6.04 Å². The van der Waals surface area contributed by atoms with Crippen LogP contribution in [0.1, 0.15) is 50.2 Å². The molecule has 1 saturated heterocycles. The third-order valence-electron chi connectivity index (χ3n) is 4.49. The van der Waals surface area contributed by atoms with E-state index in [-0.39, 0.29) is 24.3 Å². The first kappa shape index (κ1) is 18.9. The lowest BCUT2D eigenvalue weighted by Gasteiger charge is -2.32. The predicted octanol–water partition coefficient (Wildman–Crippen LogP) is 1.51. The standard InChI is InChI=1S/C17H28N4O2S/c1-4-13-10-24-17(20-13)12-6-5-7-21(9-12)14(22)8-19-16(23)15(18)11(2)3/h10-12,15H,4-9,18H2,1-3H3,(H,19,23)/t12?,15-/m0/s1. The van der Waals surface area contributed by atoms with Crippen LogP contribution in [0.2, 0.25) is 0 Å². The van der Waals surface area contributed by atoms with Crippen molar-refractivity contribution < 1.29 is 9.59 Å². The normalized spacial score (nSPS) is 19.4. The van der Waals surface area contributed by atoms with Gasteiger partial charge in [0.05, 0.1) is 23.3 Å². The molecule has 1 aromatic heterocycles. The number of thiazole rings is 1. The fourth-order valence-corrected chi connectivity index (χ4v) is 3.80. The van der Waals surface area contributed by atoms with Crippen LogP contribution in [-0.4, -0.2) is 47.4 Å². The van der Waals surface area contributed by atoms with Crippen molar-refractivity contribution in [3.63, 3.8) is 0 Å². The fourth-order valence-electron chi connectivity index (χ4n) is 2.77. The summed E-state index contributed by atoms with van der Waals surface area (Å²) in [5.74, 6) is 0.0504. The average Bonchev–Trinajstić information content (AvgIpc) is 3.07. The third kappa shape index (κ3) is 4.77. The van der Waals surface area contributed by atoms with E-state index in [9.17, 15) is 9.59 Å². The number of aromatic nitrogens is 1. The highest BCUT2D eigenvalue weighted by atomic mass is 32.1. The van der Waals surface area contributed by atoms with Crippen molar-refractivity contribution >= 4 is 23.2 Å². The van der Waals surface area contributed by atoms with Crippen molar-refractivity contribution in [1.29, 1.82) is 0 Å². The lowest BCUT2D eigenvalue weighted by atomic mass is 9.98. The Hall–Kier alpha value is -1.47. The maximum Gasteiger partial charge on any atom is 0.241 e. The zero-order valence-electron chi connectivity index (χ0n) is 14.7. The summed E-state index contributed by atoms with van der Waals surface area (Å²) < 4.78 is 0. The molecule has 0 saturated carbocycles. The highest BCUT2D eigenvalue weighted by Gasteiger charge is 2.27. The Morgan fingerprint density at radius 2 is 2.25 bits per heavy atom. The molecule has 1 fully saturated rings. The summed E-state index contributed by atoms with van der Waals surface area (Å²) in [4.78, 5) is 30.8. The second-order valence-corrected chi connectivity index (χ2v) is 7.59. The number of nitrogens with zero attached hydrogens (tertiary/aromatic N) is 2. The van der Waals surface area contributed by atoms with Gasteiger partial charge in [-0.15, -0.1) is 11.3 Å². The van der Waals surface area contributed by atoms with Crippen LogP contribution in [0, 0.1) is 5.92 Å². The highest BCUT2D eigenvalue weighted by molar-refractivity contribution is 7.09. The Morgan fingerprint density at radius 1 is 1.50 bits per heavy atom. The maximum absolute atomic E-state index is 12.4. The molecule has 1 aromatic rings. The summed E-state index contributed by atoms with van der Waals surface area (Å²) in [5.41, 5.74) is 6.91. The van der Waals surface area contributed by atoms with Gasteiger partial charge < -0.3 is 16.0 Å². The van der Waals surface area contributed by atoms with Crippen molar-refractivity contribution in [3.8, 4) is 0 Å². The Labute approximate surface area is 147 Å². The van der Waals surface area contributed by atoms with Crippen LogP contribution in [0.25, 0.3) is 0 Å². The SMILES string of the molecule is CCc1csc(C2CCCN(C(=O)CNC(=O)[C@@H](N)C(C)C)C2)n1. The van der Waals surface area contributed by atoms with Gasteiger partial charge in [-0.2, -0.15) is 0 Å². The molecule has 0 spiro atoms. The van der Waals surface area contributed by atoms with Gasteiger partial charge in [0.1, 0.15) is 0 Å². The largest absolute Gasteiger partial charge is 0.346 e. The number of nitrogens with two attached hydrogens (primary N) is 1. The van der Waals surface area contributed by atoms with E-state index >= 15 is 0 Å². The molecule has 3 N–H and O–H groups in total. The molecular weight excluding hydrogens is 324 g/mol. The molecule has 7 heteroatoms. The van der Waals surface area contributed by atoms with E-state index in [0.29, 0.717) is 12.5 Å². The van der Waals surface area contributed by atoms with E-state index in [2.05, 4.69) is 22.6 Å². The van der Waals surface area contributed by atoms with Gasteiger partial charge in [-0.25, -0.2) is 4.98 Å². The van der Waals surface area contributed by atoms with Gasteiger partial charge in [0.15, 0.2) is 0 Å². The molecule has 0 bridgehead atoms. The first-order valence-electron chi connectivity index (χ1n) is 8.67. The molecule has 2 atom stereocenters. The Balaban J connectivity index is 1.87. The first-order chi connectivity index (χ1) is 11.4. The molecule has 2 amide bonds. The van der Waals surface area contributed by atoms with Crippen LogP contribution in [0.3, 0.4) is 0 Å². The number of amides is 2. The fraction of sp³-hybridized carbons (Fsp3) is 0.706. The summed E-state index contributed by atoms with van der Waals surface area (Å²) in [5, 5.41) is 5.88. The van der Waals surface area contributed by atoms with Gasteiger partial charge >= 0.3 is 0 Å². The molecule has 2 heterocycles. The molecule has 0 radical (unpaired) electrons. The second-order valence-electron chi connectivity index (χ2n) is 6.70. The van der Waals surface area contributed by atoms with E-state index in [1.54, 1.807) is 11.3 Å². The number of hydrogen-bond acceptors (Lipinski definition) is 5. The summed E-state index contributed by atoms with van der Waals surface area (Å²) in [6, 6.07) is -0.574. The van der Waals surface area contributed by atoms with Crippen LogP contribution < -0.4 is 11.1 Å². The number of hydrogen-bond donors (Lipinski definition) is 2. The minimum absolute atomic E-state index is 0.0179. The Kier molecular flexibility index (Phi) is 6.74. The van der Waals surface area contributed by atoms with Crippen molar-refractivity contribution in [2.24, 2.45) is 11.7 Å². The van der Waals surface area contributed by atoms with Crippen LogP contribution in [0.15, 0.2) is 5.38 Å². The zero-order valence-corrected chi connectivity index (χ0v) is 15.6. The number of rotatable bonds is 6. The number of carbonyl (C=O) groups excluding carboxylic acids is 2. The minimum Gasteiger partial charge on any atom is -0.346 e. The molecule has 6 nitrogen and oxygen atoms in total. The van der Waals surface area contributed by atoms with E-state index in [0.717, 1.165) is 36.5 Å². The van der Waals surface area contributed by atoms with E-state index in [4.69, 9.17) is 5.73 Å². The lowest BCUT2D eigenvalue weighted by molar-refractivity contribution is -0.134. The summed E-state index contributed by atoms with van der Waals surface area (Å²) >= 11 is 1.68. The molecule has 1 aliphatic rings. The minimum atomic E-state index is -0.574. The smallest absolute Gasteiger partial charge is 0.241 e. The van der Waals surface area contributed by atoms with Crippen LogP contribution in [-0.2, 0) is 16.0 Å². The summed E-state index contributed by atoms with van der Waals surface area (Å²) in [6.07, 6.45) is 2.97. The second kappa shape index (κ2) is 8.58. The molecule has 0 aromatic carbocycles. The monoisotopic (exact) mass is 352 g/mol. The molecular formula is C17H28N4O2S. The third-order valence-corrected chi connectivity index (χ3v) is 5.55. The van der Waals surface area contributed by atoms with Gasteiger partial charge in [-0.3, -0.25) is 9.59 Å². The van der Waals surface area contributed by atoms with Crippen molar-refractivity contribution in [3.05, 3.63) is 16.1 Å². The maximum atomic E-state index is 12.4. The predicted molar refractivity (Wildman–Crippen MR) is 95.9 cm³/mol. The van der Waals surface area contributed by atoms with Gasteiger partial charge in [0.2, 0.25) is 11.8 Å². The van der Waals surface area contributed by atoms with Crippen LogP contribution in [0.4, 0.5) is 0 Å². The van der Waals surface area contributed by atoms with Gasteiger partial charge in [0.25, 0.3) is 0 Å². The molecule has 24 heavy (non-hydrogen) atoms. The molecule has 1 aliphatic heterocycles. The van der Waals surface area contributed by atoms with Gasteiger partial charge in [-0.05, 0) is 25.2 Å². The molecule has 2 rings (SSSR count). The van der Waals surface area contributed by atoms with Crippen LogP contribution >= 0.6 is 11.3 Å². The zero-order chi connectivity index (χ0) is 17.7. The number of carbonyl (C=O) groups is 2. The highest BCUT2D eigenvalue weighted by Crippen LogP contribution is 2.29. The summed E-state index contributed by atoms with van der Waals surface area (Å²) in [7, 11) is 0. The topological polar surface area (TPSA) is 88.3 Å². The molecule has 134 valence electrons. The van der Waals surface area contributed by atoms with Crippen molar-refractivity contribution in [1.82, 2.24) is 15.2 Å². The number of likely N-dealkylation sites (tertiary alicyclic amines) is 1. The number of nitrogens with one attached hydrogen (secondary N) is 1. The quantitative estimate of drug-likeness (QED) is 0.812. The van der Waals surface area contributed by atoms with Crippen LogP contribution in [0.5, 0.6) is 0 Å². The Bertz CT molecular complexity index is 573. The van der Waals surface area contributed by atoms with E-state index in [1.807, 2.05) is 18.7 Å². The van der Waals surface area contributed by atoms with Crippen molar-refractivity contribution in [2.45, 2.75) is 52.0 Å². The average molecular weight is 353 g/mol. The van der Waals surface area contributed by atoms with Gasteiger partial charge in [-0.1, -0.05) is 20.8 Å². The van der Waals surface area contributed by atoms with Gasteiger partial charge in [0, 0.05) is 24.4 Å². The first-order valence-corrected chi connectivity index (χ1v) is 9.55.